The summed E-state index contributed by atoms with van der Waals surface area (Å²) in [5.41, 5.74) is 10.1. The molecule has 0 aliphatic carbocycles. The Morgan fingerprint density at radius 2 is 1.09 bits per heavy atom. The molecule has 6 rings (SSSR count). The average Bonchev–Trinajstić information content (AvgIpc) is 3.91. The standard InChI is InChI=1S/C38H42N6O2/c1-45-37-25-33(31-15-11-21-39-31)43-35(37)23-29-19-17-27(41-29)13-9-7-5-3-4-6-8-10-14-28-18-20-30(42-28)24-36-38(46-2)26-34(44-36)32-16-12-22-40-32/h3-4,11-12,15-26,39-40,43-44H,5-10,13-14H2,1-2H3/b4-3+,29-23+,30-24+. The van der Waals surface area contributed by atoms with Gasteiger partial charge in [0.05, 0.1) is 59.8 Å². The normalized spacial score (nSPS) is 16.0. The molecule has 8 nitrogen and oxygen atoms in total. The molecule has 8 heteroatoms. The first-order valence-electron chi connectivity index (χ1n) is 16.1. The Balaban J connectivity index is 0.868. The molecule has 0 aromatic carbocycles. The predicted molar refractivity (Wildman–Crippen MR) is 189 cm³/mol. The highest BCUT2D eigenvalue weighted by Crippen LogP contribution is 2.30. The van der Waals surface area contributed by atoms with Crippen molar-refractivity contribution in [1.29, 1.82) is 0 Å². The first-order chi connectivity index (χ1) is 22.7. The molecule has 0 spiro atoms. The molecule has 0 fully saturated rings. The van der Waals surface area contributed by atoms with Crippen LogP contribution in [0.3, 0.4) is 0 Å². The van der Waals surface area contributed by atoms with Gasteiger partial charge >= 0.3 is 0 Å². The number of hydrogen-bond donors (Lipinski definition) is 4. The number of aromatic amines is 4. The number of H-pyrrole nitrogens is 4. The number of methoxy groups -OCH3 is 2. The first kappa shape index (κ1) is 30.8. The van der Waals surface area contributed by atoms with Crippen LogP contribution in [0.4, 0.5) is 0 Å². The number of allylic oxidation sites excluding steroid dienone is 6. The summed E-state index contributed by atoms with van der Waals surface area (Å²) in [6.07, 6.45) is 29.8. The summed E-state index contributed by atoms with van der Waals surface area (Å²) in [7, 11) is 3.39. The molecule has 0 amide bonds. The summed E-state index contributed by atoms with van der Waals surface area (Å²) >= 11 is 0. The van der Waals surface area contributed by atoms with E-state index in [4.69, 9.17) is 19.5 Å². The van der Waals surface area contributed by atoms with Crippen LogP contribution in [0.5, 0.6) is 11.5 Å². The molecule has 46 heavy (non-hydrogen) atoms. The Bertz CT molecular complexity index is 1670. The molecular formula is C38H42N6O2. The van der Waals surface area contributed by atoms with Gasteiger partial charge < -0.3 is 29.4 Å². The van der Waals surface area contributed by atoms with E-state index in [2.05, 4.69) is 56.4 Å². The van der Waals surface area contributed by atoms with Gasteiger partial charge in [-0.05, 0) is 112 Å². The van der Waals surface area contributed by atoms with E-state index in [0.717, 1.165) is 107 Å². The molecule has 0 unspecified atom stereocenters. The van der Waals surface area contributed by atoms with Gasteiger partial charge in [-0.3, -0.25) is 9.98 Å². The van der Waals surface area contributed by atoms with Crippen molar-refractivity contribution in [1.82, 2.24) is 19.9 Å². The van der Waals surface area contributed by atoms with Crippen molar-refractivity contribution in [3.63, 3.8) is 0 Å². The maximum absolute atomic E-state index is 5.57. The van der Waals surface area contributed by atoms with E-state index in [1.54, 1.807) is 14.2 Å². The number of nitrogens with one attached hydrogen (secondary N) is 4. The largest absolute Gasteiger partial charge is 0.494 e. The quantitative estimate of drug-likeness (QED) is 0.0745. The Morgan fingerprint density at radius 3 is 1.50 bits per heavy atom. The number of rotatable bonds is 16. The van der Waals surface area contributed by atoms with E-state index in [1.165, 1.54) is 12.8 Å². The zero-order valence-corrected chi connectivity index (χ0v) is 26.6. The predicted octanol–water partition coefficient (Wildman–Crippen LogP) is 9.43. The second-order valence-electron chi connectivity index (χ2n) is 11.5. The molecule has 0 bridgehead atoms. The molecule has 0 saturated heterocycles. The number of nitrogens with zero attached hydrogens (tertiary/aromatic N) is 2. The van der Waals surface area contributed by atoms with Crippen molar-refractivity contribution >= 4 is 23.6 Å². The van der Waals surface area contributed by atoms with Crippen LogP contribution < -0.4 is 9.47 Å². The third kappa shape index (κ3) is 7.88. The lowest BCUT2D eigenvalue weighted by atomic mass is 10.1. The molecule has 0 atom stereocenters. The minimum Gasteiger partial charge on any atom is -0.494 e. The molecular weight excluding hydrogens is 572 g/mol. The third-order valence-electron chi connectivity index (χ3n) is 8.13. The fourth-order valence-electron chi connectivity index (χ4n) is 5.69. The number of hydrogen-bond acceptors (Lipinski definition) is 4. The van der Waals surface area contributed by atoms with Crippen LogP contribution in [0, 0.1) is 0 Å². The van der Waals surface area contributed by atoms with Crippen LogP contribution in [-0.4, -0.2) is 45.6 Å². The van der Waals surface area contributed by atoms with Crippen molar-refractivity contribution in [2.45, 2.75) is 51.4 Å². The summed E-state index contributed by atoms with van der Waals surface area (Å²) in [6, 6.07) is 12.1. The average molecular weight is 615 g/mol. The van der Waals surface area contributed by atoms with Crippen molar-refractivity contribution in [3.05, 3.63) is 108 Å². The van der Waals surface area contributed by atoms with Crippen LogP contribution in [-0.2, 0) is 0 Å². The van der Waals surface area contributed by atoms with Crippen LogP contribution in [0.2, 0.25) is 0 Å². The lowest BCUT2D eigenvalue weighted by Gasteiger charge is -1.99. The minimum atomic E-state index is 0.809. The molecule has 4 N–H and O–H groups in total. The SMILES string of the molecule is COc1cc(-c2ccc[nH]2)[nH]c1/C=C1\C=CC(CCCC/C=C/CCCCC2=N/C(=C/c3[nH]c(-c4ccc[nH]4)cc3OC)C=C2)=N1. The van der Waals surface area contributed by atoms with Crippen molar-refractivity contribution < 1.29 is 9.47 Å². The second-order valence-corrected chi connectivity index (χ2v) is 11.5. The van der Waals surface area contributed by atoms with Gasteiger partial charge in [0, 0.05) is 35.9 Å². The van der Waals surface area contributed by atoms with Crippen molar-refractivity contribution in [2.75, 3.05) is 14.2 Å². The topological polar surface area (TPSA) is 106 Å². The zero-order valence-electron chi connectivity index (χ0n) is 26.6. The van der Waals surface area contributed by atoms with Gasteiger partial charge in [-0.1, -0.05) is 12.2 Å². The molecule has 4 aromatic rings. The lowest BCUT2D eigenvalue weighted by Crippen LogP contribution is -1.90. The fraction of sp³-hybridized carbons (Fsp3) is 0.263. The highest BCUT2D eigenvalue weighted by molar-refractivity contribution is 6.00. The van der Waals surface area contributed by atoms with Gasteiger partial charge in [-0.25, -0.2) is 0 Å². The maximum atomic E-state index is 5.57. The van der Waals surface area contributed by atoms with E-state index in [-0.39, 0.29) is 0 Å². The molecule has 0 radical (unpaired) electrons. The van der Waals surface area contributed by atoms with E-state index in [0.29, 0.717) is 0 Å². The van der Waals surface area contributed by atoms with Crippen molar-refractivity contribution in [2.24, 2.45) is 9.98 Å². The van der Waals surface area contributed by atoms with Crippen LogP contribution >= 0.6 is 0 Å². The van der Waals surface area contributed by atoms with Gasteiger partial charge in [-0.2, -0.15) is 0 Å². The van der Waals surface area contributed by atoms with Crippen LogP contribution in [0.1, 0.15) is 62.8 Å². The minimum absolute atomic E-state index is 0.809. The smallest absolute Gasteiger partial charge is 0.144 e. The Kier molecular flexibility index (Phi) is 10.1. The van der Waals surface area contributed by atoms with E-state index >= 15 is 0 Å². The van der Waals surface area contributed by atoms with Gasteiger partial charge in [-0.15, -0.1) is 0 Å². The number of unbranched alkanes of at least 4 members (excludes halogenated alkanes) is 4. The number of ether oxygens (including phenoxy) is 2. The molecule has 2 aliphatic heterocycles. The summed E-state index contributed by atoms with van der Waals surface area (Å²) in [5, 5.41) is 0. The highest BCUT2D eigenvalue weighted by atomic mass is 16.5. The summed E-state index contributed by atoms with van der Waals surface area (Å²) < 4.78 is 11.1. The van der Waals surface area contributed by atoms with E-state index < -0.39 is 0 Å². The summed E-state index contributed by atoms with van der Waals surface area (Å²) in [5.74, 6) is 1.62. The van der Waals surface area contributed by atoms with Crippen LogP contribution in [0.25, 0.3) is 34.9 Å². The van der Waals surface area contributed by atoms with Crippen molar-refractivity contribution in [3.8, 4) is 34.3 Å². The lowest BCUT2D eigenvalue weighted by molar-refractivity contribution is 0.414. The number of aromatic nitrogens is 4. The van der Waals surface area contributed by atoms with Gasteiger partial charge in [0.25, 0.3) is 0 Å². The maximum Gasteiger partial charge on any atom is 0.144 e. The first-order valence-corrected chi connectivity index (χ1v) is 16.1. The monoisotopic (exact) mass is 614 g/mol. The highest BCUT2D eigenvalue weighted by Gasteiger charge is 2.13. The van der Waals surface area contributed by atoms with Gasteiger partial charge in [0.2, 0.25) is 0 Å². The summed E-state index contributed by atoms with van der Waals surface area (Å²) in [6.45, 7) is 0. The van der Waals surface area contributed by atoms with Gasteiger partial charge in [0.15, 0.2) is 0 Å². The molecule has 4 aromatic heterocycles. The van der Waals surface area contributed by atoms with E-state index in [1.807, 2.05) is 60.9 Å². The fourth-order valence-corrected chi connectivity index (χ4v) is 5.69. The van der Waals surface area contributed by atoms with Crippen LogP contribution in [0.15, 0.2) is 107 Å². The Labute approximate surface area is 270 Å². The van der Waals surface area contributed by atoms with Gasteiger partial charge in [0.1, 0.15) is 11.5 Å². The Hall–Kier alpha value is -5.24. The molecule has 2 aliphatic rings. The number of aliphatic imine (C=N–C) groups is 2. The Morgan fingerprint density at radius 1 is 0.609 bits per heavy atom. The van der Waals surface area contributed by atoms with E-state index in [9.17, 15) is 0 Å². The summed E-state index contributed by atoms with van der Waals surface area (Å²) in [4.78, 5) is 22.9. The molecule has 0 saturated carbocycles. The molecule has 6 heterocycles. The molecule has 236 valence electrons. The third-order valence-corrected chi connectivity index (χ3v) is 8.13. The zero-order chi connectivity index (χ0) is 31.6. The second kappa shape index (κ2) is 15.2.